The first-order valence-electron chi connectivity index (χ1n) is 9.22. The lowest BCUT2D eigenvalue weighted by molar-refractivity contribution is -0.138. The number of carboxylic acid groups (broad SMARTS) is 1. The summed E-state index contributed by atoms with van der Waals surface area (Å²) in [4.78, 5) is 24.2. The van der Waals surface area contributed by atoms with E-state index in [4.69, 9.17) is 0 Å². The highest BCUT2D eigenvalue weighted by atomic mass is 16.4. The van der Waals surface area contributed by atoms with E-state index in [-0.39, 0.29) is 41.5 Å². The van der Waals surface area contributed by atoms with Crippen LogP contribution in [0.25, 0.3) is 12.2 Å². The molecule has 1 aliphatic rings. The van der Waals surface area contributed by atoms with Crippen LogP contribution in [0.1, 0.15) is 30.4 Å². The van der Waals surface area contributed by atoms with Crippen molar-refractivity contribution in [2.75, 3.05) is 0 Å². The molecule has 0 atom stereocenters. The van der Waals surface area contributed by atoms with Gasteiger partial charge in [0.1, 0.15) is 0 Å². The molecule has 9 heteroatoms. The molecule has 2 aromatic rings. The summed E-state index contributed by atoms with van der Waals surface area (Å²) in [6.07, 6.45) is 2.83. The summed E-state index contributed by atoms with van der Waals surface area (Å²) < 4.78 is 0. The number of Topliss-reactive ketones (excluding diaryl/α,β-unsaturated/α-hetero) is 1. The smallest absolute Gasteiger partial charge is 0.303 e. The second-order valence-electron chi connectivity index (χ2n) is 7.36. The first kappa shape index (κ1) is 21.6. The third kappa shape index (κ3) is 4.72. The average molecular weight is 428 g/mol. The number of ketones is 1. The van der Waals surface area contributed by atoms with Gasteiger partial charge in [0.15, 0.2) is 40.3 Å². The topological polar surface area (TPSA) is 176 Å². The monoisotopic (exact) mass is 428 g/mol. The van der Waals surface area contributed by atoms with Crippen LogP contribution < -0.4 is 0 Å². The molecule has 3 rings (SSSR count). The van der Waals surface area contributed by atoms with Crippen molar-refractivity contribution in [1.29, 1.82) is 0 Å². The zero-order chi connectivity index (χ0) is 22.9. The maximum Gasteiger partial charge on any atom is 0.303 e. The zero-order valence-corrected chi connectivity index (χ0v) is 16.1. The van der Waals surface area contributed by atoms with Gasteiger partial charge in [0.25, 0.3) is 0 Å². The highest BCUT2D eigenvalue weighted by Gasteiger charge is 2.29. The van der Waals surface area contributed by atoms with Crippen LogP contribution in [-0.2, 0) is 9.59 Å². The standard InChI is InChI=1S/C22H20O9/c23-15-5-11(6-16(24)21(15)30)3-13-1-10(9-19(27)28)2-14(20(13)29)4-12-7-17(25)22(31)18(26)8-12/h3-8,10,23-26,30-31H,1-2,9H2,(H,27,28). The number of aliphatic carboxylic acids is 1. The molecule has 0 unspecified atom stereocenters. The van der Waals surface area contributed by atoms with Crippen molar-refractivity contribution < 1.29 is 45.3 Å². The Morgan fingerprint density at radius 1 is 0.774 bits per heavy atom. The highest BCUT2D eigenvalue weighted by Crippen LogP contribution is 2.40. The van der Waals surface area contributed by atoms with E-state index in [1.54, 1.807) is 0 Å². The molecular weight excluding hydrogens is 408 g/mol. The molecule has 0 aliphatic heterocycles. The number of aromatic hydroxyl groups is 6. The first-order chi connectivity index (χ1) is 14.5. The average Bonchev–Trinajstić information content (AvgIpc) is 2.67. The SMILES string of the molecule is O=C(O)CC1CC(=Cc2cc(O)c(O)c(O)c2)C(=O)C(=Cc2cc(O)c(O)c(O)c2)C1. The predicted molar refractivity (Wildman–Crippen MR) is 109 cm³/mol. The van der Waals surface area contributed by atoms with Crippen molar-refractivity contribution in [1.82, 2.24) is 0 Å². The maximum atomic E-state index is 13.0. The number of carboxylic acids is 1. The largest absolute Gasteiger partial charge is 0.504 e. The van der Waals surface area contributed by atoms with Gasteiger partial charge in [-0.05, 0) is 66.3 Å². The number of hydrogen-bond donors (Lipinski definition) is 7. The van der Waals surface area contributed by atoms with Gasteiger partial charge in [0.2, 0.25) is 0 Å². The van der Waals surface area contributed by atoms with E-state index in [1.807, 2.05) is 0 Å². The van der Waals surface area contributed by atoms with Gasteiger partial charge in [0.05, 0.1) is 0 Å². The second-order valence-corrected chi connectivity index (χ2v) is 7.36. The molecule has 0 spiro atoms. The Morgan fingerprint density at radius 3 is 1.45 bits per heavy atom. The summed E-state index contributed by atoms with van der Waals surface area (Å²) in [6.45, 7) is 0. The highest BCUT2D eigenvalue weighted by molar-refractivity contribution is 6.14. The Balaban J connectivity index is 2.04. The van der Waals surface area contributed by atoms with Gasteiger partial charge in [0, 0.05) is 17.6 Å². The van der Waals surface area contributed by atoms with Crippen LogP contribution >= 0.6 is 0 Å². The zero-order valence-electron chi connectivity index (χ0n) is 16.1. The van der Waals surface area contributed by atoms with Crippen LogP contribution in [0.2, 0.25) is 0 Å². The normalized spacial score (nSPS) is 19.1. The van der Waals surface area contributed by atoms with Crippen molar-refractivity contribution >= 4 is 23.9 Å². The number of carbonyl (C=O) groups excluding carboxylic acids is 1. The Hall–Kier alpha value is -4.14. The fourth-order valence-corrected chi connectivity index (χ4v) is 3.55. The summed E-state index contributed by atoms with van der Waals surface area (Å²) >= 11 is 0. The number of phenols is 6. The molecule has 0 aromatic heterocycles. The minimum atomic E-state index is -1.04. The summed E-state index contributed by atoms with van der Waals surface area (Å²) in [5.74, 6) is -5.61. The number of hydrogen-bond acceptors (Lipinski definition) is 8. The van der Waals surface area contributed by atoms with Gasteiger partial charge in [-0.1, -0.05) is 0 Å². The number of rotatable bonds is 4. The molecule has 2 aromatic carbocycles. The van der Waals surface area contributed by atoms with Gasteiger partial charge < -0.3 is 35.7 Å². The third-order valence-corrected chi connectivity index (χ3v) is 4.93. The van der Waals surface area contributed by atoms with Crippen molar-refractivity contribution in [2.24, 2.45) is 5.92 Å². The summed E-state index contributed by atoms with van der Waals surface area (Å²) in [6, 6.07) is 4.59. The van der Waals surface area contributed by atoms with Gasteiger partial charge in [-0.25, -0.2) is 0 Å². The van der Waals surface area contributed by atoms with E-state index < -0.39 is 52.2 Å². The van der Waals surface area contributed by atoms with Gasteiger partial charge in [-0.15, -0.1) is 0 Å². The lowest BCUT2D eigenvalue weighted by Gasteiger charge is -2.24. The number of phenolic OH excluding ortho intramolecular Hbond substituents is 6. The predicted octanol–water partition coefficient (Wildman–Crippen LogP) is 2.84. The lowest BCUT2D eigenvalue weighted by Crippen LogP contribution is -2.22. The molecule has 0 bridgehead atoms. The molecule has 9 nitrogen and oxygen atoms in total. The van der Waals surface area contributed by atoms with E-state index >= 15 is 0 Å². The van der Waals surface area contributed by atoms with Crippen LogP contribution in [0.3, 0.4) is 0 Å². The fraction of sp³-hybridized carbons (Fsp3) is 0.182. The van der Waals surface area contributed by atoms with Crippen molar-refractivity contribution in [2.45, 2.75) is 19.3 Å². The van der Waals surface area contributed by atoms with Crippen molar-refractivity contribution in [3.8, 4) is 34.5 Å². The van der Waals surface area contributed by atoms with E-state index in [0.717, 1.165) is 24.3 Å². The Kier molecular flexibility index (Phi) is 5.78. The molecule has 1 fully saturated rings. The van der Waals surface area contributed by atoms with Gasteiger partial charge in [-0.3, -0.25) is 9.59 Å². The third-order valence-electron chi connectivity index (χ3n) is 4.93. The quantitative estimate of drug-likeness (QED) is 0.285. The van der Waals surface area contributed by atoms with Crippen molar-refractivity contribution in [3.63, 3.8) is 0 Å². The van der Waals surface area contributed by atoms with E-state index in [0.29, 0.717) is 0 Å². The molecule has 0 heterocycles. The number of allylic oxidation sites excluding steroid dienone is 2. The molecule has 1 aliphatic carbocycles. The Morgan fingerprint density at radius 2 is 1.13 bits per heavy atom. The molecular formula is C22H20O9. The first-order valence-corrected chi connectivity index (χ1v) is 9.22. The molecule has 1 saturated carbocycles. The second kappa shape index (κ2) is 8.31. The molecule has 31 heavy (non-hydrogen) atoms. The van der Waals surface area contributed by atoms with E-state index in [2.05, 4.69) is 0 Å². The van der Waals surface area contributed by atoms with Crippen LogP contribution in [0.15, 0.2) is 35.4 Å². The van der Waals surface area contributed by atoms with Crippen LogP contribution in [0.5, 0.6) is 34.5 Å². The molecule has 0 amide bonds. The van der Waals surface area contributed by atoms with Crippen LogP contribution in [0, 0.1) is 5.92 Å². The Labute approximate surface area is 176 Å². The number of carbonyl (C=O) groups is 2. The minimum Gasteiger partial charge on any atom is -0.504 e. The van der Waals surface area contributed by atoms with Gasteiger partial charge >= 0.3 is 5.97 Å². The fourth-order valence-electron chi connectivity index (χ4n) is 3.55. The summed E-state index contributed by atoms with van der Waals surface area (Å²) in [7, 11) is 0. The van der Waals surface area contributed by atoms with Crippen LogP contribution in [-0.4, -0.2) is 47.5 Å². The van der Waals surface area contributed by atoms with Crippen molar-refractivity contribution in [3.05, 3.63) is 46.5 Å². The minimum absolute atomic E-state index is 0.136. The molecule has 162 valence electrons. The molecule has 0 radical (unpaired) electrons. The summed E-state index contributed by atoms with van der Waals surface area (Å²) in [5, 5.41) is 66.9. The van der Waals surface area contributed by atoms with E-state index in [1.165, 1.54) is 12.2 Å². The van der Waals surface area contributed by atoms with E-state index in [9.17, 15) is 45.3 Å². The molecule has 7 N–H and O–H groups in total. The Bertz CT molecular complexity index is 1000. The number of benzene rings is 2. The van der Waals surface area contributed by atoms with Crippen LogP contribution in [0.4, 0.5) is 0 Å². The lowest BCUT2D eigenvalue weighted by atomic mass is 9.78. The molecule has 0 saturated heterocycles. The summed E-state index contributed by atoms with van der Waals surface area (Å²) in [5.41, 5.74) is 0.902. The van der Waals surface area contributed by atoms with Gasteiger partial charge in [-0.2, -0.15) is 0 Å². The maximum absolute atomic E-state index is 13.0.